The van der Waals surface area contributed by atoms with E-state index in [0.29, 0.717) is 53.6 Å². The van der Waals surface area contributed by atoms with Gasteiger partial charge >= 0.3 is 5.97 Å². The molecule has 1 aliphatic carbocycles. The van der Waals surface area contributed by atoms with Gasteiger partial charge in [0.05, 0.1) is 56.1 Å². The van der Waals surface area contributed by atoms with Crippen molar-refractivity contribution < 1.29 is 28.1 Å². The maximum absolute atomic E-state index is 14.3. The molecular formula is C33H32FN5O5. The van der Waals surface area contributed by atoms with Crippen LogP contribution in [0, 0.1) is 29.0 Å². The number of piperidine rings is 1. The van der Waals surface area contributed by atoms with Gasteiger partial charge in [-0.2, -0.15) is 5.26 Å². The summed E-state index contributed by atoms with van der Waals surface area (Å²) in [6.45, 7) is 3.97. The van der Waals surface area contributed by atoms with Gasteiger partial charge in [-0.3, -0.25) is 4.90 Å². The van der Waals surface area contributed by atoms with Crippen LogP contribution in [-0.4, -0.2) is 65.4 Å². The largest absolute Gasteiger partial charge is 0.494 e. The van der Waals surface area contributed by atoms with Crippen LogP contribution in [-0.2, 0) is 29.2 Å². The number of ether oxygens (including phenoxy) is 4. The third kappa shape index (κ3) is 5.25. The lowest BCUT2D eigenvalue weighted by molar-refractivity contribution is -0.0591. The highest BCUT2D eigenvalue weighted by molar-refractivity contribution is 5.96. The average molecular weight is 598 g/mol. The first-order chi connectivity index (χ1) is 21.4. The standard InChI is InChI=1S/C33H32FN5O5/c1-41-28-12-21(33(40)42-2)11-27-32(28)37-29(39(27)14-22-8-9-43-22)17-38-15-23-24(16-38)31(23)26-4-3-5-30(36-26)44-18-20-7-6-19(13-35)10-25(20)34/h3-7,10-12,22-24,31H,8-9,14-18H2,1-2H3/t22-,23-,24+,31+/m0/s1. The summed E-state index contributed by atoms with van der Waals surface area (Å²) < 4.78 is 38.6. The number of hydrogen-bond acceptors (Lipinski definition) is 9. The van der Waals surface area contributed by atoms with Gasteiger partial charge in [0.2, 0.25) is 5.88 Å². The Morgan fingerprint density at radius 1 is 1.14 bits per heavy atom. The molecule has 0 bridgehead atoms. The van der Waals surface area contributed by atoms with Crippen molar-refractivity contribution in [1.29, 1.82) is 5.26 Å². The van der Waals surface area contributed by atoms with Crippen LogP contribution >= 0.6 is 0 Å². The highest BCUT2D eigenvalue weighted by Gasteiger charge is 2.57. The molecule has 44 heavy (non-hydrogen) atoms. The van der Waals surface area contributed by atoms with Crippen molar-refractivity contribution in [2.75, 3.05) is 33.9 Å². The fourth-order valence-corrected chi connectivity index (χ4v) is 6.55. The van der Waals surface area contributed by atoms with Gasteiger partial charge in [-0.15, -0.1) is 0 Å². The third-order valence-corrected chi connectivity index (χ3v) is 9.00. The summed E-state index contributed by atoms with van der Waals surface area (Å²) in [6, 6.07) is 15.5. The molecule has 0 N–H and O–H groups in total. The Balaban J connectivity index is 1.04. The van der Waals surface area contributed by atoms with E-state index in [0.717, 1.165) is 48.7 Å². The molecule has 2 aromatic heterocycles. The van der Waals surface area contributed by atoms with E-state index in [1.165, 1.54) is 13.2 Å². The minimum Gasteiger partial charge on any atom is -0.494 e. The van der Waals surface area contributed by atoms with Gasteiger partial charge in [0.15, 0.2) is 0 Å². The van der Waals surface area contributed by atoms with E-state index in [1.807, 2.05) is 24.3 Å². The Kier molecular flexibility index (Phi) is 7.40. The lowest BCUT2D eigenvalue weighted by Crippen LogP contribution is -2.33. The number of likely N-dealkylation sites (tertiary alicyclic amines) is 1. The molecule has 11 heteroatoms. The number of rotatable bonds is 10. The number of hydrogen-bond donors (Lipinski definition) is 0. The molecule has 0 amide bonds. The molecule has 7 rings (SSSR count). The van der Waals surface area contributed by atoms with Crippen LogP contribution in [0.1, 0.15) is 45.3 Å². The number of pyridine rings is 1. The number of carbonyl (C=O) groups excluding carboxylic acids is 1. The number of halogens is 1. The van der Waals surface area contributed by atoms with Crippen LogP contribution < -0.4 is 9.47 Å². The lowest BCUT2D eigenvalue weighted by atomic mass is 10.1. The summed E-state index contributed by atoms with van der Waals surface area (Å²) in [5, 5.41) is 8.96. The zero-order chi connectivity index (χ0) is 30.4. The van der Waals surface area contributed by atoms with Crippen molar-refractivity contribution in [2.45, 2.75) is 38.1 Å². The van der Waals surface area contributed by atoms with E-state index in [2.05, 4.69) is 9.47 Å². The van der Waals surface area contributed by atoms with Gasteiger partial charge in [-0.05, 0) is 48.6 Å². The zero-order valence-corrected chi connectivity index (χ0v) is 24.5. The molecule has 0 radical (unpaired) electrons. The Labute approximate surface area is 253 Å². The fraction of sp³-hybridized carbons (Fsp3) is 0.394. The van der Waals surface area contributed by atoms with Gasteiger partial charge < -0.3 is 23.5 Å². The highest BCUT2D eigenvalue weighted by Crippen LogP contribution is 2.58. The predicted molar refractivity (Wildman–Crippen MR) is 157 cm³/mol. The Bertz CT molecular complexity index is 1770. The minimum atomic E-state index is -0.465. The molecule has 226 valence electrons. The SMILES string of the molecule is COC(=O)c1cc(OC)c2nc(CN3C[C@@H]4[C@H](C3)[C@H]4c3cccc(OCc4ccc(C#N)cc4F)n3)n(C[C@@H]3CCO3)c2c1. The molecule has 2 saturated heterocycles. The Morgan fingerprint density at radius 2 is 1.95 bits per heavy atom. The van der Waals surface area contributed by atoms with Crippen molar-refractivity contribution in [3.63, 3.8) is 0 Å². The molecule has 4 aromatic rings. The van der Waals surface area contributed by atoms with Crippen LogP contribution in [0.5, 0.6) is 11.6 Å². The normalized spacial score (nSPS) is 22.2. The van der Waals surface area contributed by atoms with E-state index >= 15 is 0 Å². The van der Waals surface area contributed by atoms with E-state index in [-0.39, 0.29) is 18.3 Å². The minimum absolute atomic E-state index is 0.0398. The predicted octanol–water partition coefficient (Wildman–Crippen LogP) is 4.45. The second-order valence-electron chi connectivity index (χ2n) is 11.6. The lowest BCUT2D eigenvalue weighted by Gasteiger charge is -2.28. The molecule has 10 nitrogen and oxygen atoms in total. The maximum Gasteiger partial charge on any atom is 0.338 e. The first-order valence-electron chi connectivity index (χ1n) is 14.7. The van der Waals surface area contributed by atoms with E-state index < -0.39 is 11.8 Å². The summed E-state index contributed by atoms with van der Waals surface area (Å²) in [6.07, 6.45) is 1.10. The van der Waals surface area contributed by atoms with E-state index in [9.17, 15) is 9.18 Å². The first-order valence-corrected chi connectivity index (χ1v) is 14.7. The summed E-state index contributed by atoms with van der Waals surface area (Å²) in [5.74, 6) is 2.35. The second kappa shape index (κ2) is 11.5. The van der Waals surface area contributed by atoms with Gasteiger partial charge in [0.25, 0.3) is 0 Å². The van der Waals surface area contributed by atoms with Crippen molar-refractivity contribution in [3.05, 3.63) is 82.6 Å². The fourth-order valence-electron chi connectivity index (χ4n) is 6.55. The third-order valence-electron chi connectivity index (χ3n) is 9.00. The Morgan fingerprint density at radius 3 is 2.64 bits per heavy atom. The highest BCUT2D eigenvalue weighted by atomic mass is 19.1. The number of carbonyl (C=O) groups is 1. The molecule has 0 unspecified atom stereocenters. The number of fused-ring (bicyclic) bond motifs is 2. The van der Waals surface area contributed by atoms with Crippen LogP contribution in [0.2, 0.25) is 0 Å². The van der Waals surface area contributed by atoms with Gasteiger partial charge in [-0.25, -0.2) is 19.2 Å². The zero-order valence-electron chi connectivity index (χ0n) is 24.5. The topological polar surface area (TPSA) is 112 Å². The molecule has 4 heterocycles. The smallest absolute Gasteiger partial charge is 0.338 e. The van der Waals surface area contributed by atoms with Crippen molar-refractivity contribution >= 4 is 17.0 Å². The van der Waals surface area contributed by atoms with Crippen LogP contribution in [0.25, 0.3) is 11.0 Å². The molecule has 3 aliphatic rings. The quantitative estimate of drug-likeness (QED) is 0.245. The second-order valence-corrected chi connectivity index (χ2v) is 11.6. The Hall–Kier alpha value is -4.53. The van der Waals surface area contributed by atoms with Crippen LogP contribution in [0.15, 0.2) is 48.5 Å². The summed E-state index contributed by atoms with van der Waals surface area (Å²) in [7, 11) is 2.95. The molecule has 2 aromatic carbocycles. The number of nitrogens with zero attached hydrogens (tertiary/aromatic N) is 5. The summed E-state index contributed by atoms with van der Waals surface area (Å²) in [4.78, 5) is 24.5. The maximum atomic E-state index is 14.3. The number of benzene rings is 2. The summed E-state index contributed by atoms with van der Waals surface area (Å²) in [5.41, 5.74) is 3.62. The number of methoxy groups -OCH3 is 2. The molecule has 0 spiro atoms. The molecule has 3 fully saturated rings. The van der Waals surface area contributed by atoms with Crippen molar-refractivity contribution in [2.24, 2.45) is 11.8 Å². The van der Waals surface area contributed by atoms with Crippen molar-refractivity contribution in [3.8, 4) is 17.7 Å². The van der Waals surface area contributed by atoms with Gasteiger partial charge in [-0.1, -0.05) is 12.1 Å². The van der Waals surface area contributed by atoms with Gasteiger partial charge in [0.1, 0.15) is 29.5 Å². The van der Waals surface area contributed by atoms with E-state index in [4.69, 9.17) is 34.2 Å². The first kappa shape index (κ1) is 28.3. The monoisotopic (exact) mass is 597 g/mol. The van der Waals surface area contributed by atoms with Crippen molar-refractivity contribution in [1.82, 2.24) is 19.4 Å². The molecule has 1 saturated carbocycles. The summed E-state index contributed by atoms with van der Waals surface area (Å²) >= 11 is 0. The molecule has 4 atom stereocenters. The number of aromatic nitrogens is 3. The van der Waals surface area contributed by atoms with Crippen LogP contribution in [0.3, 0.4) is 0 Å². The van der Waals surface area contributed by atoms with Crippen LogP contribution in [0.4, 0.5) is 4.39 Å². The number of nitriles is 1. The van der Waals surface area contributed by atoms with Gasteiger partial charge in [0, 0.05) is 42.9 Å². The van der Waals surface area contributed by atoms with E-state index in [1.54, 1.807) is 31.4 Å². The average Bonchev–Trinajstić information content (AvgIpc) is 3.33. The molecular weight excluding hydrogens is 565 g/mol. The molecule has 2 aliphatic heterocycles. The number of esters is 1. The number of imidazole rings is 1.